The number of carbonyl (C=O) groups excluding carboxylic acids is 2. The van der Waals surface area contributed by atoms with Crippen LogP contribution in [0.15, 0.2) is 54.6 Å². The van der Waals surface area contributed by atoms with E-state index in [-0.39, 0.29) is 11.9 Å². The fourth-order valence-corrected chi connectivity index (χ4v) is 2.18. The molecule has 0 aliphatic heterocycles. The highest BCUT2D eigenvalue weighted by molar-refractivity contribution is 5.89. The van der Waals surface area contributed by atoms with E-state index >= 15 is 0 Å². The summed E-state index contributed by atoms with van der Waals surface area (Å²) in [6.45, 7) is 3.59. The smallest absolute Gasteiger partial charge is 0.338 e. The summed E-state index contributed by atoms with van der Waals surface area (Å²) in [6, 6.07) is 16.2. The molecule has 0 spiro atoms. The Balaban J connectivity index is 1.46. The van der Waals surface area contributed by atoms with Crippen molar-refractivity contribution in [1.82, 2.24) is 0 Å². The van der Waals surface area contributed by atoms with Gasteiger partial charge in [0.05, 0.1) is 24.3 Å². The van der Waals surface area contributed by atoms with Gasteiger partial charge in [-0.25, -0.2) is 9.59 Å². The van der Waals surface area contributed by atoms with Gasteiger partial charge >= 0.3 is 11.9 Å². The van der Waals surface area contributed by atoms with Crippen LogP contribution >= 0.6 is 0 Å². The molecule has 0 amide bonds. The van der Waals surface area contributed by atoms with Crippen molar-refractivity contribution in [2.45, 2.75) is 19.8 Å². The molecule has 0 N–H and O–H groups in total. The van der Waals surface area contributed by atoms with Gasteiger partial charge in [-0.15, -0.1) is 0 Å². The van der Waals surface area contributed by atoms with E-state index < -0.39 is 0 Å². The van der Waals surface area contributed by atoms with Crippen LogP contribution in [0.1, 0.15) is 39.1 Å². The van der Waals surface area contributed by atoms with Crippen LogP contribution in [0, 0.1) is 6.92 Å². The third-order valence-corrected chi connectivity index (χ3v) is 3.63. The number of carbonyl (C=O) groups is 2. The van der Waals surface area contributed by atoms with Gasteiger partial charge in [0.2, 0.25) is 0 Å². The Hall–Kier alpha value is -2.66. The first kappa shape index (κ1) is 19.7. The van der Waals surface area contributed by atoms with E-state index in [9.17, 15) is 9.59 Å². The number of hydrogen-bond acceptors (Lipinski definition) is 5. The molecular weight excluding hydrogens is 332 g/mol. The summed E-state index contributed by atoms with van der Waals surface area (Å²) >= 11 is 0. The maximum absolute atomic E-state index is 11.8. The normalized spacial score (nSPS) is 10.3. The zero-order valence-corrected chi connectivity index (χ0v) is 15.0. The minimum atomic E-state index is -0.325. The van der Waals surface area contributed by atoms with Gasteiger partial charge in [-0.05, 0) is 31.2 Å². The average Bonchev–Trinajstić information content (AvgIpc) is 2.67. The zero-order valence-electron chi connectivity index (χ0n) is 15.0. The summed E-state index contributed by atoms with van der Waals surface area (Å²) in [5.41, 5.74) is 2.20. The van der Waals surface area contributed by atoms with E-state index in [4.69, 9.17) is 14.2 Å². The van der Waals surface area contributed by atoms with Crippen LogP contribution in [0.2, 0.25) is 0 Å². The van der Waals surface area contributed by atoms with Gasteiger partial charge in [-0.3, -0.25) is 0 Å². The topological polar surface area (TPSA) is 61.8 Å². The number of rotatable bonds is 10. The van der Waals surface area contributed by atoms with Gasteiger partial charge in [0, 0.05) is 26.1 Å². The fourth-order valence-electron chi connectivity index (χ4n) is 2.18. The lowest BCUT2D eigenvalue weighted by atomic mass is 10.1. The molecule has 0 radical (unpaired) electrons. The minimum absolute atomic E-state index is 0.315. The molecule has 2 aromatic rings. The van der Waals surface area contributed by atoms with Crippen LogP contribution in [0.3, 0.4) is 0 Å². The molecule has 0 aliphatic carbocycles. The number of hydrogen-bond donors (Lipinski definition) is 0. The largest absolute Gasteiger partial charge is 0.462 e. The highest BCUT2D eigenvalue weighted by Gasteiger charge is 2.06. The van der Waals surface area contributed by atoms with E-state index in [1.165, 1.54) is 0 Å². The molecule has 26 heavy (non-hydrogen) atoms. The summed E-state index contributed by atoms with van der Waals surface area (Å²) in [4.78, 5) is 23.5. The molecule has 0 saturated carbocycles. The number of benzene rings is 2. The van der Waals surface area contributed by atoms with Gasteiger partial charge in [0.1, 0.15) is 0 Å². The molecule has 5 nitrogen and oxygen atoms in total. The molecule has 5 heteroatoms. The van der Waals surface area contributed by atoms with Crippen molar-refractivity contribution in [3.05, 3.63) is 71.3 Å². The van der Waals surface area contributed by atoms with E-state index in [0.29, 0.717) is 50.4 Å². The number of ether oxygens (including phenoxy) is 3. The molecule has 0 atom stereocenters. The molecular formula is C21H24O5. The Bertz CT molecular complexity index is 679. The van der Waals surface area contributed by atoms with Gasteiger partial charge in [-0.2, -0.15) is 0 Å². The van der Waals surface area contributed by atoms with E-state index in [0.717, 1.165) is 5.56 Å². The van der Waals surface area contributed by atoms with E-state index in [2.05, 4.69) is 0 Å². The third kappa shape index (κ3) is 7.07. The van der Waals surface area contributed by atoms with Gasteiger partial charge in [0.25, 0.3) is 0 Å². The van der Waals surface area contributed by atoms with E-state index in [1.807, 2.05) is 25.1 Å². The molecule has 2 aromatic carbocycles. The summed E-state index contributed by atoms with van der Waals surface area (Å²) < 4.78 is 15.8. The highest BCUT2D eigenvalue weighted by atomic mass is 16.5. The second-order valence-electron chi connectivity index (χ2n) is 5.82. The van der Waals surface area contributed by atoms with Crippen LogP contribution in [-0.4, -0.2) is 38.4 Å². The Labute approximate surface area is 153 Å². The number of esters is 2. The first-order chi connectivity index (χ1) is 12.7. The van der Waals surface area contributed by atoms with Crippen LogP contribution in [0.5, 0.6) is 0 Å². The lowest BCUT2D eigenvalue weighted by Crippen LogP contribution is -2.10. The van der Waals surface area contributed by atoms with Crippen molar-refractivity contribution in [1.29, 1.82) is 0 Å². The highest BCUT2D eigenvalue weighted by Crippen LogP contribution is 2.05. The summed E-state index contributed by atoms with van der Waals surface area (Å²) in [7, 11) is 0. The van der Waals surface area contributed by atoms with Crippen LogP contribution in [0.4, 0.5) is 0 Å². The summed E-state index contributed by atoms with van der Waals surface area (Å²) in [6.07, 6.45) is 1.25. The summed E-state index contributed by atoms with van der Waals surface area (Å²) in [5.74, 6) is -0.647. The zero-order chi connectivity index (χ0) is 18.6. The van der Waals surface area contributed by atoms with Crippen LogP contribution in [-0.2, 0) is 14.2 Å². The second-order valence-corrected chi connectivity index (χ2v) is 5.82. The Kier molecular flexibility index (Phi) is 8.36. The molecule has 2 rings (SSSR count). The maximum Gasteiger partial charge on any atom is 0.338 e. The quantitative estimate of drug-likeness (QED) is 0.478. The predicted molar refractivity (Wildman–Crippen MR) is 98.2 cm³/mol. The fraction of sp³-hybridized carbons (Fsp3) is 0.333. The monoisotopic (exact) mass is 356 g/mol. The molecule has 0 aliphatic rings. The van der Waals surface area contributed by atoms with Crippen LogP contribution in [0.25, 0.3) is 0 Å². The first-order valence-electron chi connectivity index (χ1n) is 8.70. The van der Waals surface area contributed by atoms with Crippen LogP contribution < -0.4 is 0 Å². The Morgan fingerprint density at radius 2 is 1.19 bits per heavy atom. The van der Waals surface area contributed by atoms with Crippen molar-refractivity contribution < 1.29 is 23.8 Å². The number of aryl methyl sites for hydroxylation is 1. The van der Waals surface area contributed by atoms with Gasteiger partial charge < -0.3 is 14.2 Å². The molecule has 0 bridgehead atoms. The van der Waals surface area contributed by atoms with Gasteiger partial charge in [-0.1, -0.05) is 35.9 Å². The van der Waals surface area contributed by atoms with Crippen molar-refractivity contribution in [3.8, 4) is 0 Å². The lowest BCUT2D eigenvalue weighted by Gasteiger charge is -2.07. The maximum atomic E-state index is 11.8. The molecule has 0 fully saturated rings. The predicted octanol–water partition coefficient (Wildman–Crippen LogP) is 3.81. The van der Waals surface area contributed by atoms with Crippen molar-refractivity contribution in [2.75, 3.05) is 26.4 Å². The Morgan fingerprint density at radius 1 is 0.692 bits per heavy atom. The molecule has 0 saturated heterocycles. The first-order valence-corrected chi connectivity index (χ1v) is 8.70. The van der Waals surface area contributed by atoms with Gasteiger partial charge in [0.15, 0.2) is 0 Å². The SMILES string of the molecule is Cc1ccc(C(=O)OCCCOCCCOC(=O)c2ccccc2)cc1. The molecule has 0 heterocycles. The molecule has 138 valence electrons. The lowest BCUT2D eigenvalue weighted by molar-refractivity contribution is 0.0395. The van der Waals surface area contributed by atoms with E-state index in [1.54, 1.807) is 36.4 Å². The average molecular weight is 356 g/mol. The summed E-state index contributed by atoms with van der Waals surface area (Å²) in [5, 5.41) is 0. The van der Waals surface area contributed by atoms with Crippen molar-refractivity contribution in [2.24, 2.45) is 0 Å². The van der Waals surface area contributed by atoms with Crippen molar-refractivity contribution >= 4 is 11.9 Å². The molecule has 0 unspecified atom stereocenters. The minimum Gasteiger partial charge on any atom is -0.462 e. The standard InChI is InChI=1S/C21H24O5/c1-17-9-11-19(12-10-17)21(23)26-16-6-14-24-13-5-15-25-20(22)18-7-3-2-4-8-18/h2-4,7-12H,5-6,13-16H2,1H3. The molecule has 0 aromatic heterocycles. The van der Waals surface area contributed by atoms with Crippen molar-refractivity contribution in [3.63, 3.8) is 0 Å². The Morgan fingerprint density at radius 3 is 1.73 bits per heavy atom. The third-order valence-electron chi connectivity index (χ3n) is 3.63. The second kappa shape index (κ2) is 11.1.